The maximum Gasteiger partial charge on any atom is 0.303 e. The lowest BCUT2D eigenvalue weighted by molar-refractivity contribution is -0.137. The van der Waals surface area contributed by atoms with E-state index in [9.17, 15) is 9.59 Å². The Balaban J connectivity index is 3.03. The van der Waals surface area contributed by atoms with Crippen molar-refractivity contribution in [1.29, 1.82) is 0 Å². The van der Waals surface area contributed by atoms with Crippen LogP contribution >= 0.6 is 0 Å². The highest BCUT2D eigenvalue weighted by Crippen LogP contribution is 2.10. The molecule has 0 aliphatic carbocycles. The molecule has 0 aromatic carbocycles. The summed E-state index contributed by atoms with van der Waals surface area (Å²) in [6.45, 7) is 0. The smallest absolute Gasteiger partial charge is 0.303 e. The first-order chi connectivity index (χ1) is 8.16. The molecule has 100 valence electrons. The van der Waals surface area contributed by atoms with E-state index in [-0.39, 0.29) is 12.3 Å². The molecule has 5 heteroatoms. The second-order valence-electron chi connectivity index (χ2n) is 4.29. The van der Waals surface area contributed by atoms with Gasteiger partial charge in [-0.15, -0.1) is 0 Å². The molecule has 0 fully saturated rings. The van der Waals surface area contributed by atoms with Gasteiger partial charge >= 0.3 is 5.97 Å². The molecule has 0 aromatic heterocycles. The minimum absolute atomic E-state index is 0.0985. The van der Waals surface area contributed by atoms with Crippen LogP contribution in [0.15, 0.2) is 0 Å². The molecule has 0 rings (SSSR count). The van der Waals surface area contributed by atoms with Crippen LogP contribution in [0.4, 0.5) is 0 Å². The lowest BCUT2D eigenvalue weighted by atomic mass is 10.1. The van der Waals surface area contributed by atoms with Gasteiger partial charge in [0.15, 0.2) is 0 Å². The molecule has 0 aliphatic rings. The largest absolute Gasteiger partial charge is 0.481 e. The fourth-order valence-corrected chi connectivity index (χ4v) is 1.69. The number of hydrazine groups is 1. The van der Waals surface area contributed by atoms with Crippen LogP contribution in [-0.2, 0) is 9.59 Å². The van der Waals surface area contributed by atoms with E-state index in [1.54, 1.807) is 0 Å². The maximum absolute atomic E-state index is 10.8. The SMILES string of the molecule is NNC(=O)CCCCCCCCCCC(=O)O. The molecule has 0 radical (unpaired) electrons. The van der Waals surface area contributed by atoms with Crippen LogP contribution in [0.5, 0.6) is 0 Å². The van der Waals surface area contributed by atoms with Crippen LogP contribution in [0, 0.1) is 0 Å². The van der Waals surface area contributed by atoms with Crippen molar-refractivity contribution in [1.82, 2.24) is 5.43 Å². The van der Waals surface area contributed by atoms with Gasteiger partial charge in [-0.2, -0.15) is 0 Å². The Morgan fingerprint density at radius 3 is 1.65 bits per heavy atom. The summed E-state index contributed by atoms with van der Waals surface area (Å²) in [5.74, 6) is 4.16. The molecule has 5 nitrogen and oxygen atoms in total. The van der Waals surface area contributed by atoms with E-state index in [0.717, 1.165) is 51.4 Å². The Morgan fingerprint density at radius 1 is 0.824 bits per heavy atom. The number of aliphatic carboxylic acids is 1. The number of carbonyl (C=O) groups excluding carboxylic acids is 1. The van der Waals surface area contributed by atoms with Crippen molar-refractivity contribution in [2.45, 2.75) is 64.2 Å². The minimum Gasteiger partial charge on any atom is -0.481 e. The number of carboxylic acid groups (broad SMARTS) is 1. The Labute approximate surface area is 103 Å². The zero-order valence-corrected chi connectivity index (χ0v) is 10.4. The van der Waals surface area contributed by atoms with Gasteiger partial charge in [0.1, 0.15) is 0 Å². The van der Waals surface area contributed by atoms with Gasteiger partial charge in [0.25, 0.3) is 0 Å². The van der Waals surface area contributed by atoms with Gasteiger partial charge in [-0.3, -0.25) is 15.0 Å². The second kappa shape index (κ2) is 11.4. The first-order valence-corrected chi connectivity index (χ1v) is 6.38. The van der Waals surface area contributed by atoms with Gasteiger partial charge in [-0.05, 0) is 12.8 Å². The topological polar surface area (TPSA) is 92.4 Å². The summed E-state index contributed by atoms with van der Waals surface area (Å²) < 4.78 is 0. The molecule has 0 spiro atoms. The molecule has 17 heavy (non-hydrogen) atoms. The Morgan fingerprint density at radius 2 is 1.24 bits per heavy atom. The minimum atomic E-state index is -0.705. The summed E-state index contributed by atoms with van der Waals surface area (Å²) >= 11 is 0. The number of hydrogen-bond acceptors (Lipinski definition) is 3. The molecule has 0 atom stereocenters. The van der Waals surface area contributed by atoms with Gasteiger partial charge < -0.3 is 5.11 Å². The molecule has 1 amide bonds. The van der Waals surface area contributed by atoms with E-state index in [2.05, 4.69) is 5.43 Å². The number of nitrogens with two attached hydrogens (primary N) is 1. The number of carbonyl (C=O) groups is 2. The highest BCUT2D eigenvalue weighted by Gasteiger charge is 1.98. The van der Waals surface area contributed by atoms with Gasteiger partial charge in [0.2, 0.25) is 5.91 Å². The summed E-state index contributed by atoms with van der Waals surface area (Å²) in [6, 6.07) is 0. The maximum atomic E-state index is 10.8. The molecule has 0 unspecified atom stereocenters. The predicted octanol–water partition coefficient (Wildman–Crippen LogP) is 1.96. The summed E-state index contributed by atoms with van der Waals surface area (Å²) in [5, 5.41) is 8.44. The molecule has 0 saturated heterocycles. The Bertz CT molecular complexity index is 220. The quantitative estimate of drug-likeness (QED) is 0.224. The lowest BCUT2D eigenvalue weighted by Crippen LogP contribution is -2.29. The molecule has 0 saturated carbocycles. The van der Waals surface area contributed by atoms with Crippen molar-refractivity contribution in [3.05, 3.63) is 0 Å². The average molecular weight is 244 g/mol. The van der Waals surface area contributed by atoms with Crippen molar-refractivity contribution in [2.75, 3.05) is 0 Å². The molecule has 0 aliphatic heterocycles. The van der Waals surface area contributed by atoms with Crippen molar-refractivity contribution in [3.8, 4) is 0 Å². The number of amides is 1. The van der Waals surface area contributed by atoms with Crippen LogP contribution in [0.2, 0.25) is 0 Å². The third-order valence-electron chi connectivity index (χ3n) is 2.71. The molecule has 4 N–H and O–H groups in total. The van der Waals surface area contributed by atoms with Gasteiger partial charge in [-0.25, -0.2) is 5.84 Å². The van der Waals surface area contributed by atoms with Crippen LogP contribution in [0.3, 0.4) is 0 Å². The summed E-state index contributed by atoms with van der Waals surface area (Å²) in [6.07, 6.45) is 9.09. The summed E-state index contributed by atoms with van der Waals surface area (Å²) in [7, 11) is 0. The van der Waals surface area contributed by atoms with Gasteiger partial charge in [-0.1, -0.05) is 38.5 Å². The predicted molar refractivity (Wildman–Crippen MR) is 66.1 cm³/mol. The van der Waals surface area contributed by atoms with Gasteiger partial charge in [0, 0.05) is 12.8 Å². The van der Waals surface area contributed by atoms with E-state index in [1.165, 1.54) is 0 Å². The zero-order valence-electron chi connectivity index (χ0n) is 10.4. The van der Waals surface area contributed by atoms with E-state index in [0.29, 0.717) is 6.42 Å². The number of rotatable bonds is 11. The molecule has 0 bridgehead atoms. The normalized spacial score (nSPS) is 10.2. The average Bonchev–Trinajstić information content (AvgIpc) is 2.30. The molecule has 0 aromatic rings. The van der Waals surface area contributed by atoms with Crippen LogP contribution in [0.25, 0.3) is 0 Å². The lowest BCUT2D eigenvalue weighted by Gasteiger charge is -2.01. The Hall–Kier alpha value is -1.10. The van der Waals surface area contributed by atoms with E-state index in [1.807, 2.05) is 0 Å². The Kier molecular flexibility index (Phi) is 10.7. The van der Waals surface area contributed by atoms with Crippen molar-refractivity contribution >= 4 is 11.9 Å². The highest BCUT2D eigenvalue weighted by molar-refractivity contribution is 5.75. The fourth-order valence-electron chi connectivity index (χ4n) is 1.69. The zero-order chi connectivity index (χ0) is 12.9. The number of unbranched alkanes of at least 4 members (excludes halogenated alkanes) is 7. The van der Waals surface area contributed by atoms with Crippen molar-refractivity contribution in [2.24, 2.45) is 5.84 Å². The van der Waals surface area contributed by atoms with Gasteiger partial charge in [0.05, 0.1) is 0 Å². The van der Waals surface area contributed by atoms with Crippen LogP contribution in [0.1, 0.15) is 64.2 Å². The first-order valence-electron chi connectivity index (χ1n) is 6.38. The fraction of sp³-hybridized carbons (Fsp3) is 0.833. The monoisotopic (exact) mass is 244 g/mol. The molecular formula is C12H24N2O3. The van der Waals surface area contributed by atoms with Crippen molar-refractivity contribution < 1.29 is 14.7 Å². The van der Waals surface area contributed by atoms with E-state index >= 15 is 0 Å². The standard InChI is InChI=1S/C12H24N2O3/c13-14-11(15)9-7-5-3-1-2-4-6-8-10-12(16)17/h1-10,13H2,(H,14,15)(H,16,17). The van der Waals surface area contributed by atoms with E-state index in [4.69, 9.17) is 10.9 Å². The van der Waals surface area contributed by atoms with Crippen LogP contribution < -0.4 is 11.3 Å². The number of nitrogens with one attached hydrogen (secondary N) is 1. The van der Waals surface area contributed by atoms with E-state index < -0.39 is 5.97 Å². The highest BCUT2D eigenvalue weighted by atomic mass is 16.4. The molecule has 0 heterocycles. The molecular weight excluding hydrogens is 220 g/mol. The number of carboxylic acids is 1. The summed E-state index contributed by atoms with van der Waals surface area (Å²) in [4.78, 5) is 21.0. The summed E-state index contributed by atoms with van der Waals surface area (Å²) in [5.41, 5.74) is 2.11. The first kappa shape index (κ1) is 15.9. The van der Waals surface area contributed by atoms with Crippen molar-refractivity contribution in [3.63, 3.8) is 0 Å². The van der Waals surface area contributed by atoms with Crippen LogP contribution in [-0.4, -0.2) is 17.0 Å². The second-order valence-corrected chi connectivity index (χ2v) is 4.29. The third kappa shape index (κ3) is 12.8. The number of hydrogen-bond donors (Lipinski definition) is 3. The third-order valence-corrected chi connectivity index (χ3v) is 2.71.